The van der Waals surface area contributed by atoms with E-state index in [1.165, 1.54) is 7.05 Å². The van der Waals surface area contributed by atoms with Crippen molar-refractivity contribution in [1.29, 1.82) is 0 Å². The van der Waals surface area contributed by atoms with Crippen molar-refractivity contribution in [2.45, 2.75) is 25.2 Å². The fourth-order valence-electron chi connectivity index (χ4n) is 1.47. The van der Waals surface area contributed by atoms with Gasteiger partial charge in [-0.25, -0.2) is 0 Å². The van der Waals surface area contributed by atoms with E-state index in [-0.39, 0.29) is 6.54 Å². The molecule has 3 nitrogen and oxygen atoms in total. The Labute approximate surface area is 114 Å². The number of carbonyl (C=O) groups is 1. The molecule has 1 unspecified atom stereocenters. The summed E-state index contributed by atoms with van der Waals surface area (Å²) >= 11 is 5.89. The van der Waals surface area contributed by atoms with Gasteiger partial charge >= 0.3 is 6.18 Å². The highest BCUT2D eigenvalue weighted by atomic mass is 35.5. The maximum Gasteiger partial charge on any atom is 0.415 e. The summed E-state index contributed by atoms with van der Waals surface area (Å²) in [5, 5.41) is 0.382. The Morgan fingerprint density at radius 2 is 1.89 bits per heavy atom. The lowest BCUT2D eigenvalue weighted by Gasteiger charge is -2.31. The van der Waals surface area contributed by atoms with E-state index in [0.29, 0.717) is 17.5 Å². The van der Waals surface area contributed by atoms with Crippen molar-refractivity contribution < 1.29 is 18.0 Å². The minimum Gasteiger partial charge on any atom is -0.339 e. The number of benzene rings is 1. The lowest BCUT2D eigenvalue weighted by molar-refractivity contribution is -0.193. The van der Waals surface area contributed by atoms with E-state index >= 15 is 0 Å². The summed E-state index contributed by atoms with van der Waals surface area (Å²) in [7, 11) is 1.25. The van der Waals surface area contributed by atoms with Gasteiger partial charge < -0.3 is 10.6 Å². The first kappa shape index (κ1) is 15.8. The molecule has 0 saturated carbocycles. The molecule has 0 spiro atoms. The number of carbonyl (C=O) groups excluding carboxylic acids is 1. The molecule has 0 aliphatic heterocycles. The molecule has 2 N–H and O–H groups in total. The summed E-state index contributed by atoms with van der Waals surface area (Å²) < 4.78 is 38.0. The highest BCUT2D eigenvalue weighted by Crippen LogP contribution is 2.30. The van der Waals surface area contributed by atoms with Crippen LogP contribution in [0.25, 0.3) is 0 Å². The molecule has 1 aromatic rings. The first-order valence-corrected chi connectivity index (χ1v) is 5.79. The molecule has 106 valence electrons. The van der Waals surface area contributed by atoms with Crippen LogP contribution in [0, 0.1) is 0 Å². The van der Waals surface area contributed by atoms with Crippen LogP contribution in [0.3, 0.4) is 0 Å². The van der Waals surface area contributed by atoms with Gasteiger partial charge in [-0.3, -0.25) is 4.79 Å². The third-order valence-electron chi connectivity index (χ3n) is 2.75. The van der Waals surface area contributed by atoms with Crippen LogP contribution in [0.1, 0.15) is 12.5 Å². The van der Waals surface area contributed by atoms with E-state index in [1.54, 1.807) is 24.3 Å². The number of alkyl halides is 3. The second kappa shape index (κ2) is 5.38. The summed E-state index contributed by atoms with van der Waals surface area (Å²) in [6.45, 7) is 0.611. The lowest BCUT2D eigenvalue weighted by atomic mass is 10.0. The Kier molecular flexibility index (Phi) is 4.47. The SMILES string of the molecule is CN(Cc1ccccc1Cl)C(=O)C(C)(N)C(F)(F)F. The fraction of sp³-hybridized carbons (Fsp3) is 0.417. The maximum atomic E-state index is 12.7. The van der Waals surface area contributed by atoms with Gasteiger partial charge in [-0.05, 0) is 18.6 Å². The Bertz CT molecular complexity index is 474. The zero-order valence-corrected chi connectivity index (χ0v) is 11.2. The normalized spacial score (nSPS) is 14.9. The molecular weight excluding hydrogens is 281 g/mol. The number of rotatable bonds is 3. The highest BCUT2D eigenvalue weighted by Gasteiger charge is 2.54. The zero-order chi connectivity index (χ0) is 14.8. The molecule has 0 aromatic heterocycles. The van der Waals surface area contributed by atoms with Crippen LogP contribution >= 0.6 is 11.6 Å². The summed E-state index contributed by atoms with van der Waals surface area (Å²) in [6.07, 6.45) is -4.81. The van der Waals surface area contributed by atoms with E-state index in [2.05, 4.69) is 0 Å². The standard InChI is InChI=1S/C12H14ClF3N2O/c1-11(17,12(14,15)16)10(19)18(2)7-8-5-3-4-6-9(8)13/h3-6H,7,17H2,1-2H3. The molecule has 0 fully saturated rings. The van der Waals surface area contributed by atoms with Gasteiger partial charge in [-0.1, -0.05) is 29.8 Å². The second-order valence-corrected chi connectivity index (χ2v) is 4.86. The van der Waals surface area contributed by atoms with Gasteiger partial charge in [0.1, 0.15) is 0 Å². The van der Waals surface area contributed by atoms with Crippen molar-refractivity contribution in [2.24, 2.45) is 5.73 Å². The Hall–Kier alpha value is -1.27. The minimum absolute atomic E-state index is 0.0403. The Morgan fingerprint density at radius 1 is 1.37 bits per heavy atom. The Balaban J connectivity index is 2.88. The molecule has 19 heavy (non-hydrogen) atoms. The molecule has 0 aliphatic carbocycles. The van der Waals surface area contributed by atoms with Crippen molar-refractivity contribution in [3.05, 3.63) is 34.9 Å². The van der Waals surface area contributed by atoms with Gasteiger partial charge in [-0.2, -0.15) is 13.2 Å². The van der Waals surface area contributed by atoms with Crippen molar-refractivity contribution in [3.63, 3.8) is 0 Å². The monoisotopic (exact) mass is 294 g/mol. The number of halogens is 4. The third kappa shape index (κ3) is 3.39. The number of nitrogens with zero attached hydrogens (tertiary/aromatic N) is 1. The molecule has 1 atom stereocenters. The van der Waals surface area contributed by atoms with Crippen LogP contribution in [0.4, 0.5) is 13.2 Å². The molecule has 7 heteroatoms. The number of hydrogen-bond acceptors (Lipinski definition) is 2. The van der Waals surface area contributed by atoms with Crippen molar-refractivity contribution in [2.75, 3.05) is 7.05 Å². The molecule has 0 saturated heterocycles. The molecule has 1 rings (SSSR count). The smallest absolute Gasteiger partial charge is 0.339 e. The molecule has 1 amide bonds. The molecule has 0 aliphatic rings. The maximum absolute atomic E-state index is 12.7. The highest BCUT2D eigenvalue weighted by molar-refractivity contribution is 6.31. The number of likely N-dealkylation sites (N-methyl/N-ethyl adjacent to an activating group) is 1. The lowest BCUT2D eigenvalue weighted by Crippen LogP contribution is -2.61. The van der Waals surface area contributed by atoms with Gasteiger partial charge in [0.25, 0.3) is 5.91 Å². The largest absolute Gasteiger partial charge is 0.415 e. The number of nitrogens with two attached hydrogens (primary N) is 1. The summed E-state index contributed by atoms with van der Waals surface area (Å²) in [5.74, 6) is -1.21. The van der Waals surface area contributed by atoms with E-state index in [4.69, 9.17) is 17.3 Å². The van der Waals surface area contributed by atoms with Crippen LogP contribution in [-0.4, -0.2) is 29.6 Å². The molecule has 0 bridgehead atoms. The average Bonchev–Trinajstić information content (AvgIpc) is 2.29. The zero-order valence-electron chi connectivity index (χ0n) is 10.5. The van der Waals surface area contributed by atoms with Crippen LogP contribution in [0.2, 0.25) is 5.02 Å². The van der Waals surface area contributed by atoms with Gasteiger partial charge in [-0.15, -0.1) is 0 Å². The molecule has 1 aromatic carbocycles. The van der Waals surface area contributed by atoms with Crippen LogP contribution in [0.5, 0.6) is 0 Å². The molecular formula is C12H14ClF3N2O. The first-order chi connectivity index (χ1) is 8.57. The van der Waals surface area contributed by atoms with Crippen LogP contribution in [0.15, 0.2) is 24.3 Å². The van der Waals surface area contributed by atoms with Crippen LogP contribution < -0.4 is 5.73 Å². The van der Waals surface area contributed by atoms with Crippen molar-refractivity contribution in [1.82, 2.24) is 4.90 Å². The average molecular weight is 295 g/mol. The predicted molar refractivity (Wildman–Crippen MR) is 66.6 cm³/mol. The Morgan fingerprint density at radius 3 is 2.37 bits per heavy atom. The molecule has 0 heterocycles. The summed E-state index contributed by atoms with van der Waals surface area (Å²) in [6, 6.07) is 6.61. The number of amides is 1. The van der Waals surface area contributed by atoms with Crippen molar-refractivity contribution in [3.8, 4) is 0 Å². The molecule has 0 radical (unpaired) electrons. The van der Waals surface area contributed by atoms with Gasteiger partial charge in [0.2, 0.25) is 0 Å². The van der Waals surface area contributed by atoms with Gasteiger partial charge in [0, 0.05) is 18.6 Å². The van der Waals surface area contributed by atoms with Crippen molar-refractivity contribution >= 4 is 17.5 Å². The first-order valence-electron chi connectivity index (χ1n) is 5.42. The number of hydrogen-bond donors (Lipinski definition) is 1. The minimum atomic E-state index is -4.81. The summed E-state index contributed by atoms with van der Waals surface area (Å²) in [5.41, 5.74) is 2.72. The fourth-order valence-corrected chi connectivity index (χ4v) is 1.67. The van der Waals surface area contributed by atoms with E-state index in [1.807, 2.05) is 0 Å². The second-order valence-electron chi connectivity index (χ2n) is 4.45. The predicted octanol–water partition coefficient (Wildman–Crippen LogP) is 2.58. The van der Waals surface area contributed by atoms with Gasteiger partial charge in [0.05, 0.1) is 0 Å². The van der Waals surface area contributed by atoms with Crippen LogP contribution in [-0.2, 0) is 11.3 Å². The topological polar surface area (TPSA) is 46.3 Å². The third-order valence-corrected chi connectivity index (χ3v) is 3.11. The summed E-state index contributed by atoms with van der Waals surface area (Å²) in [4.78, 5) is 12.7. The van der Waals surface area contributed by atoms with E-state index in [0.717, 1.165) is 4.90 Å². The van der Waals surface area contributed by atoms with Gasteiger partial charge in [0.15, 0.2) is 5.54 Å². The van der Waals surface area contributed by atoms with E-state index in [9.17, 15) is 18.0 Å². The quantitative estimate of drug-likeness (QED) is 0.931. The van der Waals surface area contributed by atoms with E-state index < -0.39 is 17.6 Å².